The molecule has 3 rings (SSSR count). The zero-order chi connectivity index (χ0) is 20.4. The third-order valence-electron chi connectivity index (χ3n) is 4.98. The number of likely N-dealkylation sites (N-methyl/N-ethyl adjacent to an activating group) is 1. The lowest BCUT2D eigenvalue weighted by Crippen LogP contribution is -2.37. The van der Waals surface area contributed by atoms with E-state index < -0.39 is 0 Å². The maximum Gasteiger partial charge on any atom is 0.332 e. The van der Waals surface area contributed by atoms with Gasteiger partial charge in [-0.05, 0) is 37.7 Å². The number of fused-ring (bicyclic) bond motifs is 1. The van der Waals surface area contributed by atoms with E-state index in [2.05, 4.69) is 34.8 Å². The molecule has 0 saturated carbocycles. The maximum atomic E-state index is 12.9. The van der Waals surface area contributed by atoms with Gasteiger partial charge in [0, 0.05) is 38.1 Å². The highest BCUT2D eigenvalue weighted by atomic mass is 79.9. The molecule has 0 N–H and O–H groups in total. The van der Waals surface area contributed by atoms with Crippen LogP contribution in [0.2, 0.25) is 0 Å². The van der Waals surface area contributed by atoms with E-state index in [0.29, 0.717) is 24.1 Å². The van der Waals surface area contributed by atoms with Crippen molar-refractivity contribution in [3.05, 3.63) is 61.0 Å². The van der Waals surface area contributed by atoms with E-state index in [-0.39, 0.29) is 11.2 Å². The van der Waals surface area contributed by atoms with Crippen molar-refractivity contribution in [1.82, 2.24) is 23.6 Å². The molecule has 0 atom stereocenters. The monoisotopic (exact) mass is 447 g/mol. The number of benzene rings is 1. The zero-order valence-electron chi connectivity index (χ0n) is 16.8. The second-order valence-corrected chi connectivity index (χ2v) is 8.09. The van der Waals surface area contributed by atoms with Crippen LogP contribution in [0.1, 0.15) is 24.7 Å². The number of halogens is 1. The Kier molecular flexibility index (Phi) is 6.20. The average molecular weight is 448 g/mol. The van der Waals surface area contributed by atoms with Crippen LogP contribution in [0.15, 0.2) is 38.3 Å². The average Bonchev–Trinajstić information content (AvgIpc) is 3.02. The largest absolute Gasteiger partial charge is 0.332 e. The summed E-state index contributed by atoms with van der Waals surface area (Å²) in [6.45, 7) is 4.52. The van der Waals surface area contributed by atoms with Crippen LogP contribution < -0.4 is 11.2 Å². The molecule has 0 spiro atoms. The van der Waals surface area contributed by atoms with E-state index in [1.54, 1.807) is 7.05 Å². The first-order chi connectivity index (χ1) is 13.3. The Morgan fingerprint density at radius 3 is 2.57 bits per heavy atom. The van der Waals surface area contributed by atoms with E-state index in [1.807, 2.05) is 28.8 Å². The molecule has 0 unspecified atom stereocenters. The number of imidazole rings is 1. The Balaban J connectivity index is 2.14. The predicted molar refractivity (Wildman–Crippen MR) is 115 cm³/mol. The van der Waals surface area contributed by atoms with Crippen molar-refractivity contribution >= 4 is 27.1 Å². The minimum absolute atomic E-state index is 0.311. The summed E-state index contributed by atoms with van der Waals surface area (Å²) in [4.78, 5) is 32.2. The van der Waals surface area contributed by atoms with Crippen LogP contribution in [0.5, 0.6) is 0 Å². The Labute approximate surface area is 172 Å². The van der Waals surface area contributed by atoms with E-state index >= 15 is 0 Å². The van der Waals surface area contributed by atoms with Crippen LogP contribution in [0, 0.1) is 0 Å². The molecule has 0 bridgehead atoms. The van der Waals surface area contributed by atoms with Crippen molar-refractivity contribution in [3.63, 3.8) is 0 Å². The Morgan fingerprint density at radius 1 is 1.14 bits per heavy atom. The van der Waals surface area contributed by atoms with Crippen LogP contribution in [0.3, 0.4) is 0 Å². The van der Waals surface area contributed by atoms with Gasteiger partial charge in [0.05, 0.1) is 0 Å². The molecular weight excluding hydrogens is 422 g/mol. The highest BCUT2D eigenvalue weighted by Gasteiger charge is 2.19. The fraction of sp³-hybridized carbons (Fsp3) is 0.450. The molecule has 0 aliphatic heterocycles. The highest BCUT2D eigenvalue weighted by molar-refractivity contribution is 9.10. The lowest BCUT2D eigenvalue weighted by atomic mass is 10.2. The highest BCUT2D eigenvalue weighted by Crippen LogP contribution is 2.17. The molecule has 0 amide bonds. The normalized spacial score (nSPS) is 11.6. The minimum atomic E-state index is -0.362. The van der Waals surface area contributed by atoms with Crippen molar-refractivity contribution in [3.8, 4) is 0 Å². The molecular formula is C20H26BrN5O2. The van der Waals surface area contributed by atoms with Gasteiger partial charge in [0.25, 0.3) is 5.56 Å². The number of hydrogen-bond acceptors (Lipinski definition) is 4. The van der Waals surface area contributed by atoms with Gasteiger partial charge in [-0.25, -0.2) is 9.78 Å². The standard InChI is InChI=1S/C20H26BrN5O2/c1-5-10-23(2)11-9-16-22-18-17(19(27)25(4)20(28)24(18)3)26(16)13-14-7-6-8-15(21)12-14/h6-8,12H,5,9-11,13H2,1-4H3. The number of nitrogens with zero attached hydrogens (tertiary/aromatic N) is 5. The molecule has 28 heavy (non-hydrogen) atoms. The number of aryl methyl sites for hydroxylation is 1. The van der Waals surface area contributed by atoms with Gasteiger partial charge < -0.3 is 9.47 Å². The van der Waals surface area contributed by atoms with Gasteiger partial charge in [-0.2, -0.15) is 0 Å². The van der Waals surface area contributed by atoms with E-state index in [0.717, 1.165) is 39.9 Å². The molecule has 0 aliphatic rings. The van der Waals surface area contributed by atoms with E-state index in [9.17, 15) is 9.59 Å². The topological polar surface area (TPSA) is 65.1 Å². The quantitative estimate of drug-likeness (QED) is 0.556. The summed E-state index contributed by atoms with van der Waals surface area (Å²) >= 11 is 3.51. The van der Waals surface area contributed by atoms with Gasteiger partial charge in [-0.1, -0.05) is 35.0 Å². The maximum absolute atomic E-state index is 12.9. The number of aromatic nitrogens is 4. The van der Waals surface area contributed by atoms with Gasteiger partial charge in [0.15, 0.2) is 11.2 Å². The van der Waals surface area contributed by atoms with Crippen molar-refractivity contribution < 1.29 is 0 Å². The van der Waals surface area contributed by atoms with Crippen LogP contribution in [-0.4, -0.2) is 43.7 Å². The first-order valence-electron chi connectivity index (χ1n) is 9.41. The lowest BCUT2D eigenvalue weighted by Gasteiger charge is -2.16. The summed E-state index contributed by atoms with van der Waals surface area (Å²) in [5, 5.41) is 0. The van der Waals surface area contributed by atoms with Crippen molar-refractivity contribution in [1.29, 1.82) is 0 Å². The van der Waals surface area contributed by atoms with Crippen LogP contribution in [0.4, 0.5) is 0 Å². The molecule has 1 aromatic carbocycles. The number of rotatable bonds is 7. The summed E-state index contributed by atoms with van der Waals surface area (Å²) in [6, 6.07) is 8.00. The minimum Gasteiger partial charge on any atom is -0.318 e. The zero-order valence-corrected chi connectivity index (χ0v) is 18.4. The summed E-state index contributed by atoms with van der Waals surface area (Å²) in [6.07, 6.45) is 1.79. The second-order valence-electron chi connectivity index (χ2n) is 7.18. The summed E-state index contributed by atoms with van der Waals surface area (Å²) in [5.74, 6) is 0.816. The molecule has 0 aliphatic carbocycles. The SMILES string of the molecule is CCCN(C)CCc1nc2c(c(=O)n(C)c(=O)n2C)n1Cc1cccc(Br)c1. The summed E-state index contributed by atoms with van der Waals surface area (Å²) in [7, 11) is 5.25. The fourth-order valence-corrected chi connectivity index (χ4v) is 3.90. The summed E-state index contributed by atoms with van der Waals surface area (Å²) in [5.41, 5.74) is 1.30. The molecule has 3 aromatic rings. The van der Waals surface area contributed by atoms with Crippen LogP contribution in [0.25, 0.3) is 11.2 Å². The van der Waals surface area contributed by atoms with Gasteiger partial charge >= 0.3 is 5.69 Å². The molecule has 150 valence electrons. The first kappa shape index (κ1) is 20.5. The molecule has 0 saturated heterocycles. The lowest BCUT2D eigenvalue weighted by molar-refractivity contribution is 0.335. The Bertz CT molecular complexity index is 1110. The second kappa shape index (κ2) is 8.45. The van der Waals surface area contributed by atoms with Crippen LogP contribution >= 0.6 is 15.9 Å². The van der Waals surface area contributed by atoms with Gasteiger partial charge in [0.1, 0.15) is 5.82 Å². The predicted octanol–water partition coefficient (Wildman–Crippen LogP) is 2.13. The Morgan fingerprint density at radius 2 is 1.89 bits per heavy atom. The smallest absolute Gasteiger partial charge is 0.318 e. The van der Waals surface area contributed by atoms with E-state index in [4.69, 9.17) is 4.98 Å². The van der Waals surface area contributed by atoms with Gasteiger partial charge in [0.2, 0.25) is 0 Å². The molecule has 8 heteroatoms. The molecule has 0 radical (unpaired) electrons. The first-order valence-corrected chi connectivity index (χ1v) is 10.2. The van der Waals surface area contributed by atoms with Crippen molar-refractivity contribution in [2.24, 2.45) is 14.1 Å². The summed E-state index contributed by atoms with van der Waals surface area (Å²) < 4.78 is 5.54. The van der Waals surface area contributed by atoms with E-state index in [1.165, 1.54) is 11.6 Å². The third kappa shape index (κ3) is 3.98. The fourth-order valence-electron chi connectivity index (χ4n) is 3.46. The number of hydrogen-bond donors (Lipinski definition) is 0. The van der Waals surface area contributed by atoms with Gasteiger partial charge in [-0.15, -0.1) is 0 Å². The van der Waals surface area contributed by atoms with Crippen LogP contribution in [-0.2, 0) is 27.1 Å². The Hall–Kier alpha value is -2.19. The molecule has 7 nitrogen and oxygen atoms in total. The molecule has 0 fully saturated rings. The third-order valence-corrected chi connectivity index (χ3v) is 5.47. The van der Waals surface area contributed by atoms with Gasteiger partial charge in [-0.3, -0.25) is 13.9 Å². The van der Waals surface area contributed by atoms with Crippen molar-refractivity contribution in [2.75, 3.05) is 20.1 Å². The molecule has 2 heterocycles. The molecule has 2 aromatic heterocycles. The van der Waals surface area contributed by atoms with Crippen molar-refractivity contribution in [2.45, 2.75) is 26.3 Å².